The van der Waals surface area contributed by atoms with Crippen molar-refractivity contribution in [3.63, 3.8) is 0 Å². The fourth-order valence-electron chi connectivity index (χ4n) is 2.83. The molecule has 0 unspecified atom stereocenters. The highest BCUT2D eigenvalue weighted by Crippen LogP contribution is 2.26. The molecule has 0 spiro atoms. The molecule has 0 saturated heterocycles. The van der Waals surface area contributed by atoms with Crippen molar-refractivity contribution in [3.05, 3.63) is 77.0 Å². The largest absolute Gasteiger partial charge is 0.478 e. The summed E-state index contributed by atoms with van der Waals surface area (Å²) in [6.45, 7) is 3.90. The van der Waals surface area contributed by atoms with Crippen molar-refractivity contribution in [3.8, 4) is 6.07 Å². The van der Waals surface area contributed by atoms with Gasteiger partial charge in [-0.2, -0.15) is 10.2 Å². The molecule has 3 rings (SSSR count). The van der Waals surface area contributed by atoms with Crippen molar-refractivity contribution < 1.29 is 9.90 Å². The highest BCUT2D eigenvalue weighted by Gasteiger charge is 2.07. The summed E-state index contributed by atoms with van der Waals surface area (Å²) in [6, 6.07) is 14.7. The van der Waals surface area contributed by atoms with Gasteiger partial charge in [0.15, 0.2) is 0 Å². The van der Waals surface area contributed by atoms with Crippen LogP contribution in [0, 0.1) is 25.2 Å². The van der Waals surface area contributed by atoms with Crippen LogP contribution in [0.25, 0.3) is 6.08 Å². The Morgan fingerprint density at radius 3 is 2.41 bits per heavy atom. The summed E-state index contributed by atoms with van der Waals surface area (Å²) in [4.78, 5) is 19.4. The molecule has 144 valence electrons. The van der Waals surface area contributed by atoms with Crippen molar-refractivity contribution in [2.75, 3.05) is 10.6 Å². The van der Waals surface area contributed by atoms with E-state index >= 15 is 0 Å². The summed E-state index contributed by atoms with van der Waals surface area (Å²) < 4.78 is 0. The van der Waals surface area contributed by atoms with E-state index in [0.29, 0.717) is 17.3 Å². The lowest BCUT2D eigenvalue weighted by Gasteiger charge is -2.14. The third-order valence-electron chi connectivity index (χ3n) is 4.15. The maximum atomic E-state index is 10.7. The zero-order valence-electron chi connectivity index (χ0n) is 16.0. The van der Waals surface area contributed by atoms with Crippen LogP contribution >= 0.6 is 0 Å². The predicted octanol–water partition coefficient (Wildman–Crippen LogP) is 4.55. The molecule has 1 heterocycles. The van der Waals surface area contributed by atoms with Gasteiger partial charge in [0, 0.05) is 23.6 Å². The number of aromatic nitrogens is 2. The van der Waals surface area contributed by atoms with Gasteiger partial charge in [-0.15, -0.1) is 0 Å². The first-order valence-electron chi connectivity index (χ1n) is 8.84. The minimum atomic E-state index is -0.981. The fraction of sp³-hybridized carbons (Fsp3) is 0.0909. The molecule has 0 amide bonds. The third-order valence-corrected chi connectivity index (χ3v) is 4.15. The van der Waals surface area contributed by atoms with E-state index < -0.39 is 5.97 Å². The van der Waals surface area contributed by atoms with E-state index in [1.165, 1.54) is 0 Å². The van der Waals surface area contributed by atoms with E-state index in [0.717, 1.165) is 34.1 Å². The summed E-state index contributed by atoms with van der Waals surface area (Å²) >= 11 is 0. The average molecular weight is 385 g/mol. The molecule has 3 N–H and O–H groups in total. The van der Waals surface area contributed by atoms with Gasteiger partial charge in [-0.25, -0.2) is 9.78 Å². The predicted molar refractivity (Wildman–Crippen MR) is 112 cm³/mol. The number of carboxylic acid groups (broad SMARTS) is 1. The maximum Gasteiger partial charge on any atom is 0.328 e. The van der Waals surface area contributed by atoms with Gasteiger partial charge in [0.25, 0.3) is 0 Å². The number of aryl methyl sites for hydroxylation is 2. The van der Waals surface area contributed by atoms with Gasteiger partial charge in [-0.1, -0.05) is 0 Å². The number of carbonyl (C=O) groups is 1. The maximum absolute atomic E-state index is 10.7. The summed E-state index contributed by atoms with van der Waals surface area (Å²) in [6.07, 6.45) is 4.33. The molecule has 0 fully saturated rings. The Bertz CT molecular complexity index is 1090. The molecular weight excluding hydrogens is 366 g/mol. The number of hydrogen-bond acceptors (Lipinski definition) is 6. The highest BCUT2D eigenvalue weighted by atomic mass is 16.4. The van der Waals surface area contributed by atoms with Crippen LogP contribution in [-0.2, 0) is 4.79 Å². The zero-order chi connectivity index (χ0) is 20.8. The quantitative estimate of drug-likeness (QED) is 0.534. The minimum Gasteiger partial charge on any atom is -0.478 e. The van der Waals surface area contributed by atoms with Crippen LogP contribution < -0.4 is 10.6 Å². The van der Waals surface area contributed by atoms with Gasteiger partial charge in [0.2, 0.25) is 5.95 Å². The molecule has 7 heteroatoms. The second kappa shape index (κ2) is 8.67. The van der Waals surface area contributed by atoms with Crippen LogP contribution in [0.1, 0.15) is 22.3 Å². The van der Waals surface area contributed by atoms with Crippen molar-refractivity contribution in [2.45, 2.75) is 13.8 Å². The Labute approximate surface area is 168 Å². The summed E-state index contributed by atoms with van der Waals surface area (Å²) in [5.74, 6) is 0.0676. The van der Waals surface area contributed by atoms with Crippen molar-refractivity contribution >= 4 is 35.2 Å². The van der Waals surface area contributed by atoms with Gasteiger partial charge in [-0.05, 0) is 79.1 Å². The van der Waals surface area contributed by atoms with Crippen molar-refractivity contribution in [2.24, 2.45) is 0 Å². The molecule has 0 atom stereocenters. The molecular formula is C22H19N5O2. The number of benzene rings is 2. The minimum absolute atomic E-state index is 0.427. The van der Waals surface area contributed by atoms with E-state index in [2.05, 4.69) is 26.7 Å². The number of anilines is 4. The molecule has 7 nitrogen and oxygen atoms in total. The lowest BCUT2D eigenvalue weighted by Crippen LogP contribution is -2.02. The van der Waals surface area contributed by atoms with E-state index in [4.69, 9.17) is 10.4 Å². The van der Waals surface area contributed by atoms with Crippen LogP contribution in [0.3, 0.4) is 0 Å². The topological polar surface area (TPSA) is 111 Å². The normalized spacial score (nSPS) is 10.5. The van der Waals surface area contributed by atoms with Crippen molar-refractivity contribution in [1.82, 2.24) is 9.97 Å². The third kappa shape index (κ3) is 5.17. The number of carboxylic acids is 1. The molecule has 2 aromatic carbocycles. The van der Waals surface area contributed by atoms with E-state index in [-0.39, 0.29) is 0 Å². The van der Waals surface area contributed by atoms with E-state index in [9.17, 15) is 4.79 Å². The Kier molecular flexibility index (Phi) is 5.85. The Morgan fingerprint density at radius 2 is 1.79 bits per heavy atom. The first kappa shape index (κ1) is 19.6. The Balaban J connectivity index is 1.79. The Morgan fingerprint density at radius 1 is 1.10 bits per heavy atom. The van der Waals surface area contributed by atoms with Crippen LogP contribution in [0.2, 0.25) is 0 Å². The standard InChI is InChI=1S/C22H19N5O2/c1-14-11-17(5-8-20(28)29)12-15(2)21(14)26-19-9-10-24-22(27-19)25-18-6-3-16(13-23)4-7-18/h3-12H,1-2H3,(H,28,29)(H2,24,25,26,27). The Hall–Kier alpha value is -4.18. The summed E-state index contributed by atoms with van der Waals surface area (Å²) in [7, 11) is 0. The first-order chi connectivity index (χ1) is 13.9. The number of nitrogens with zero attached hydrogens (tertiary/aromatic N) is 3. The second-order valence-electron chi connectivity index (χ2n) is 6.41. The number of hydrogen-bond donors (Lipinski definition) is 3. The molecule has 0 saturated carbocycles. The highest BCUT2D eigenvalue weighted by molar-refractivity contribution is 5.85. The van der Waals surface area contributed by atoms with Gasteiger partial charge < -0.3 is 15.7 Å². The lowest BCUT2D eigenvalue weighted by atomic mass is 10.0. The molecule has 0 radical (unpaired) electrons. The second-order valence-corrected chi connectivity index (χ2v) is 6.41. The molecule has 0 aliphatic heterocycles. The lowest BCUT2D eigenvalue weighted by molar-refractivity contribution is -0.131. The smallest absolute Gasteiger partial charge is 0.328 e. The number of rotatable bonds is 6. The number of nitriles is 1. The molecule has 0 bridgehead atoms. The van der Waals surface area contributed by atoms with Crippen LogP contribution in [0.5, 0.6) is 0 Å². The van der Waals surface area contributed by atoms with Crippen LogP contribution in [0.4, 0.5) is 23.1 Å². The SMILES string of the molecule is Cc1cc(C=CC(=O)O)cc(C)c1Nc1ccnc(Nc2ccc(C#N)cc2)n1. The first-order valence-corrected chi connectivity index (χ1v) is 8.84. The molecule has 1 aromatic heterocycles. The molecule has 0 aliphatic rings. The molecule has 0 aliphatic carbocycles. The van der Waals surface area contributed by atoms with Gasteiger partial charge in [0.1, 0.15) is 5.82 Å². The number of nitrogens with one attached hydrogen (secondary N) is 2. The molecule has 29 heavy (non-hydrogen) atoms. The number of aliphatic carboxylic acids is 1. The van der Waals surface area contributed by atoms with Crippen LogP contribution in [0.15, 0.2) is 54.7 Å². The molecule has 3 aromatic rings. The fourth-order valence-corrected chi connectivity index (χ4v) is 2.83. The van der Waals surface area contributed by atoms with Crippen LogP contribution in [-0.4, -0.2) is 21.0 Å². The average Bonchev–Trinajstić information content (AvgIpc) is 2.70. The van der Waals surface area contributed by atoms with Crippen molar-refractivity contribution in [1.29, 1.82) is 5.26 Å². The summed E-state index contributed by atoms with van der Waals surface area (Å²) in [5.41, 5.74) is 5.02. The van der Waals surface area contributed by atoms with Gasteiger partial charge >= 0.3 is 5.97 Å². The van der Waals surface area contributed by atoms with Gasteiger partial charge in [0.05, 0.1) is 11.6 Å². The van der Waals surface area contributed by atoms with Gasteiger partial charge in [-0.3, -0.25) is 0 Å². The summed E-state index contributed by atoms with van der Waals surface area (Å²) in [5, 5.41) is 24.1. The van der Waals surface area contributed by atoms with E-state index in [1.807, 2.05) is 26.0 Å². The monoisotopic (exact) mass is 385 g/mol. The zero-order valence-corrected chi connectivity index (χ0v) is 16.0. The van der Waals surface area contributed by atoms with E-state index in [1.54, 1.807) is 42.6 Å².